The summed E-state index contributed by atoms with van der Waals surface area (Å²) in [4.78, 5) is 40.7. The number of methoxy groups -OCH3 is 1. The van der Waals surface area contributed by atoms with Gasteiger partial charge in [-0.15, -0.1) is 0 Å². The van der Waals surface area contributed by atoms with Gasteiger partial charge in [-0.1, -0.05) is 42.5 Å². The molecular weight excluding hydrogens is 434 g/mol. The number of likely N-dealkylation sites (tertiary alicyclic amines) is 1. The molecule has 8 heteroatoms. The topological polar surface area (TPSA) is 102 Å². The van der Waals surface area contributed by atoms with Crippen molar-refractivity contribution < 1.29 is 19.2 Å². The molecule has 172 valence electrons. The SMILES string of the molecule is COc1ccc2c(c1)[C@]1(C(=O)N2)[C@@H](C(=O)c2ccccc2)[C@H](c2cccc([N+](=O)[O-])c2)CN1C. The van der Waals surface area contributed by atoms with Gasteiger partial charge < -0.3 is 10.1 Å². The first-order chi connectivity index (χ1) is 16.4. The predicted octanol–water partition coefficient (Wildman–Crippen LogP) is 3.98. The molecule has 2 aliphatic heterocycles. The number of hydrogen-bond acceptors (Lipinski definition) is 6. The molecule has 3 atom stereocenters. The highest BCUT2D eigenvalue weighted by atomic mass is 16.6. The third-order valence-electron chi connectivity index (χ3n) is 7.01. The molecule has 0 aliphatic carbocycles. The summed E-state index contributed by atoms with van der Waals surface area (Å²) in [6.07, 6.45) is 0. The number of carbonyl (C=O) groups excluding carboxylic acids is 2. The van der Waals surface area contributed by atoms with Crippen molar-refractivity contribution in [2.24, 2.45) is 5.92 Å². The van der Waals surface area contributed by atoms with Crippen LogP contribution in [0.4, 0.5) is 11.4 Å². The lowest BCUT2D eigenvalue weighted by Crippen LogP contribution is -2.51. The largest absolute Gasteiger partial charge is 0.497 e. The number of nitro groups is 1. The van der Waals surface area contributed by atoms with Crippen LogP contribution in [0.3, 0.4) is 0 Å². The second-order valence-corrected chi connectivity index (χ2v) is 8.68. The molecule has 3 aromatic rings. The van der Waals surface area contributed by atoms with Crippen molar-refractivity contribution >= 4 is 23.1 Å². The van der Waals surface area contributed by atoms with Gasteiger partial charge in [-0.2, -0.15) is 0 Å². The third kappa shape index (κ3) is 3.10. The number of likely N-dealkylation sites (N-methyl/N-ethyl adjacent to an activating group) is 1. The molecule has 1 fully saturated rings. The molecule has 1 spiro atoms. The molecule has 2 heterocycles. The normalized spacial score (nSPS) is 23.5. The summed E-state index contributed by atoms with van der Waals surface area (Å²) in [5, 5.41) is 14.4. The highest BCUT2D eigenvalue weighted by Crippen LogP contribution is 2.56. The van der Waals surface area contributed by atoms with Crippen molar-refractivity contribution in [2.45, 2.75) is 11.5 Å². The first-order valence-corrected chi connectivity index (χ1v) is 10.9. The number of ether oxygens (including phenoxy) is 1. The van der Waals surface area contributed by atoms with Gasteiger partial charge in [-0.05, 0) is 30.8 Å². The minimum absolute atomic E-state index is 0.0510. The Hall–Kier alpha value is -4.04. The fraction of sp³-hybridized carbons (Fsp3) is 0.231. The van der Waals surface area contributed by atoms with Crippen molar-refractivity contribution in [3.8, 4) is 5.75 Å². The maximum Gasteiger partial charge on any atom is 0.269 e. The Kier molecular flexibility index (Phi) is 5.17. The van der Waals surface area contributed by atoms with Gasteiger partial charge in [0.15, 0.2) is 5.78 Å². The van der Waals surface area contributed by atoms with Crippen LogP contribution < -0.4 is 10.1 Å². The Morgan fingerprint density at radius 3 is 2.59 bits per heavy atom. The van der Waals surface area contributed by atoms with Crippen LogP contribution in [0.15, 0.2) is 72.8 Å². The Morgan fingerprint density at radius 1 is 1.12 bits per heavy atom. The molecule has 3 aromatic carbocycles. The minimum atomic E-state index is -1.29. The predicted molar refractivity (Wildman–Crippen MR) is 126 cm³/mol. The summed E-state index contributed by atoms with van der Waals surface area (Å²) in [6, 6.07) is 20.5. The van der Waals surface area contributed by atoms with Crippen molar-refractivity contribution in [1.29, 1.82) is 0 Å². The summed E-state index contributed by atoms with van der Waals surface area (Å²) >= 11 is 0. The van der Waals surface area contributed by atoms with E-state index < -0.39 is 22.3 Å². The summed E-state index contributed by atoms with van der Waals surface area (Å²) in [6.45, 7) is 0.370. The van der Waals surface area contributed by atoms with Crippen LogP contribution in [0.25, 0.3) is 0 Å². The number of non-ortho nitro benzene ring substituents is 1. The van der Waals surface area contributed by atoms with Crippen molar-refractivity contribution in [3.63, 3.8) is 0 Å². The van der Waals surface area contributed by atoms with Gasteiger partial charge >= 0.3 is 0 Å². The molecule has 1 saturated heterocycles. The molecule has 0 radical (unpaired) electrons. The Bertz CT molecular complexity index is 1310. The second-order valence-electron chi connectivity index (χ2n) is 8.68. The van der Waals surface area contributed by atoms with E-state index >= 15 is 0 Å². The molecule has 0 saturated carbocycles. The number of ketones is 1. The maximum atomic E-state index is 14.1. The number of carbonyl (C=O) groups is 2. The molecule has 0 aromatic heterocycles. The summed E-state index contributed by atoms with van der Waals surface area (Å²) in [5.74, 6) is -1.16. The highest BCUT2D eigenvalue weighted by Gasteiger charge is 2.64. The van der Waals surface area contributed by atoms with Gasteiger partial charge in [0.25, 0.3) is 5.69 Å². The van der Waals surface area contributed by atoms with E-state index in [-0.39, 0.29) is 17.4 Å². The average molecular weight is 457 g/mol. The van der Waals surface area contributed by atoms with E-state index in [1.54, 1.807) is 61.7 Å². The van der Waals surface area contributed by atoms with E-state index in [2.05, 4.69) is 5.32 Å². The van der Waals surface area contributed by atoms with Crippen LogP contribution >= 0.6 is 0 Å². The van der Waals surface area contributed by atoms with Gasteiger partial charge in [-0.3, -0.25) is 24.6 Å². The fourth-order valence-corrected chi connectivity index (χ4v) is 5.50. The standard InChI is InChI=1S/C26H23N3O5/c1-28-15-20(17-9-6-10-18(13-17)29(32)33)23(24(30)16-7-4-3-5-8-16)26(28)21-14-19(34-2)11-12-22(21)27-25(26)31/h3-14,20,23H,15H2,1-2H3,(H,27,31)/t20-,23+,26+/m0/s1. The highest BCUT2D eigenvalue weighted by molar-refractivity contribution is 6.12. The quantitative estimate of drug-likeness (QED) is 0.353. The summed E-state index contributed by atoms with van der Waals surface area (Å²) < 4.78 is 5.43. The number of hydrogen-bond donors (Lipinski definition) is 1. The lowest BCUT2D eigenvalue weighted by molar-refractivity contribution is -0.384. The van der Waals surface area contributed by atoms with Gasteiger partial charge in [0.1, 0.15) is 11.3 Å². The summed E-state index contributed by atoms with van der Waals surface area (Å²) in [7, 11) is 3.37. The molecular formula is C26H23N3O5. The Balaban J connectivity index is 1.74. The van der Waals surface area contributed by atoms with Gasteiger partial charge in [0, 0.05) is 41.4 Å². The molecule has 0 unspecified atom stereocenters. The van der Waals surface area contributed by atoms with Crippen molar-refractivity contribution in [2.75, 3.05) is 26.0 Å². The average Bonchev–Trinajstić information content (AvgIpc) is 3.33. The fourth-order valence-electron chi connectivity index (χ4n) is 5.50. The molecule has 34 heavy (non-hydrogen) atoms. The first kappa shape index (κ1) is 21.8. The van der Waals surface area contributed by atoms with E-state index in [9.17, 15) is 19.7 Å². The Morgan fingerprint density at radius 2 is 1.88 bits per heavy atom. The molecule has 1 amide bonds. The number of nitrogens with one attached hydrogen (secondary N) is 1. The van der Waals surface area contributed by atoms with Crippen molar-refractivity contribution in [3.05, 3.63) is 99.6 Å². The number of Topliss-reactive ketones (excluding diaryl/α,β-unsaturated/α-hetero) is 1. The van der Waals surface area contributed by atoms with Crippen LogP contribution in [0, 0.1) is 16.0 Å². The zero-order valence-electron chi connectivity index (χ0n) is 18.7. The number of anilines is 1. The van der Waals surface area contributed by atoms with E-state index in [4.69, 9.17) is 4.74 Å². The molecule has 8 nitrogen and oxygen atoms in total. The van der Waals surface area contributed by atoms with Crippen LogP contribution in [-0.2, 0) is 10.3 Å². The van der Waals surface area contributed by atoms with Gasteiger partial charge in [0.2, 0.25) is 5.91 Å². The van der Waals surface area contributed by atoms with Crippen LogP contribution in [0.2, 0.25) is 0 Å². The molecule has 2 aliphatic rings. The van der Waals surface area contributed by atoms with Gasteiger partial charge in [0.05, 0.1) is 18.0 Å². The zero-order chi connectivity index (χ0) is 24.0. The smallest absolute Gasteiger partial charge is 0.269 e. The number of benzene rings is 3. The van der Waals surface area contributed by atoms with Crippen LogP contribution in [0.1, 0.15) is 27.4 Å². The zero-order valence-corrected chi connectivity index (χ0v) is 18.7. The first-order valence-electron chi connectivity index (χ1n) is 10.9. The van der Waals surface area contributed by atoms with Crippen LogP contribution in [0.5, 0.6) is 5.75 Å². The monoisotopic (exact) mass is 457 g/mol. The minimum Gasteiger partial charge on any atom is -0.497 e. The molecule has 0 bridgehead atoms. The second kappa shape index (κ2) is 8.07. The molecule has 1 N–H and O–H groups in total. The lowest BCUT2D eigenvalue weighted by Gasteiger charge is -2.35. The number of nitrogens with zero attached hydrogens (tertiary/aromatic N) is 2. The number of amides is 1. The molecule has 5 rings (SSSR count). The lowest BCUT2D eigenvalue weighted by atomic mass is 9.70. The van der Waals surface area contributed by atoms with Crippen molar-refractivity contribution in [1.82, 2.24) is 4.90 Å². The van der Waals surface area contributed by atoms with E-state index in [1.807, 2.05) is 18.0 Å². The number of fused-ring (bicyclic) bond motifs is 2. The number of nitro benzene ring substituents is 1. The van der Waals surface area contributed by atoms with Crippen LogP contribution in [-0.4, -0.2) is 42.2 Å². The Labute approximate surface area is 196 Å². The van der Waals surface area contributed by atoms with E-state index in [0.29, 0.717) is 34.7 Å². The van der Waals surface area contributed by atoms with Gasteiger partial charge in [-0.25, -0.2) is 0 Å². The number of rotatable bonds is 5. The van der Waals surface area contributed by atoms with E-state index in [0.717, 1.165) is 0 Å². The summed E-state index contributed by atoms with van der Waals surface area (Å²) in [5.41, 5.74) is 1.10. The third-order valence-corrected chi connectivity index (χ3v) is 7.01. The van der Waals surface area contributed by atoms with E-state index in [1.165, 1.54) is 12.1 Å². The maximum absolute atomic E-state index is 14.1.